The minimum atomic E-state index is -0.383. The first-order chi connectivity index (χ1) is 12.5. The van der Waals surface area contributed by atoms with E-state index in [1.54, 1.807) is 30.3 Å². The summed E-state index contributed by atoms with van der Waals surface area (Å²) in [4.78, 5) is 25.5. The highest BCUT2D eigenvalue weighted by Crippen LogP contribution is 2.39. The molecule has 26 heavy (non-hydrogen) atoms. The van der Waals surface area contributed by atoms with Crippen molar-refractivity contribution >= 4 is 40.7 Å². The highest BCUT2D eigenvalue weighted by Gasteiger charge is 2.33. The Kier molecular flexibility index (Phi) is 4.54. The van der Waals surface area contributed by atoms with Crippen LogP contribution in [0.1, 0.15) is 22.8 Å². The van der Waals surface area contributed by atoms with Crippen LogP contribution in [-0.4, -0.2) is 29.0 Å². The van der Waals surface area contributed by atoms with Crippen molar-refractivity contribution in [2.45, 2.75) is 23.8 Å². The van der Waals surface area contributed by atoms with Crippen LogP contribution in [0.4, 0.5) is 5.69 Å². The fourth-order valence-electron chi connectivity index (χ4n) is 3.07. The molecule has 0 unspecified atom stereocenters. The number of benzene rings is 2. The summed E-state index contributed by atoms with van der Waals surface area (Å²) >= 11 is 7.25. The summed E-state index contributed by atoms with van der Waals surface area (Å²) < 4.78 is 10.8. The van der Waals surface area contributed by atoms with E-state index in [-0.39, 0.29) is 29.0 Å². The summed E-state index contributed by atoms with van der Waals surface area (Å²) in [5, 5.41) is 2.80. The Morgan fingerprint density at radius 2 is 1.88 bits per heavy atom. The minimum absolute atomic E-state index is 0.00472. The maximum Gasteiger partial charge on any atom is 0.237 e. The number of fused-ring (bicyclic) bond motifs is 2. The van der Waals surface area contributed by atoms with Gasteiger partial charge in [-0.1, -0.05) is 11.6 Å². The van der Waals surface area contributed by atoms with Crippen LogP contribution in [0.3, 0.4) is 0 Å². The number of amides is 1. The van der Waals surface area contributed by atoms with Gasteiger partial charge in [-0.2, -0.15) is 0 Å². The van der Waals surface area contributed by atoms with E-state index in [4.69, 9.17) is 21.1 Å². The van der Waals surface area contributed by atoms with Crippen molar-refractivity contribution in [1.29, 1.82) is 0 Å². The summed E-state index contributed by atoms with van der Waals surface area (Å²) in [5.74, 6) is 1.07. The number of hydrogen-bond donors (Lipinski definition) is 1. The Balaban J connectivity index is 1.61. The van der Waals surface area contributed by atoms with E-state index in [2.05, 4.69) is 5.32 Å². The standard InChI is InChI=1S/C19H16ClNO4S/c1-10-18(22)14-8-16-15(24-9-25-16)6-11(14)7-17(26-10)19(23)21-13-4-2-12(20)3-5-13/h2-6,8,10,17H,7,9H2,1H3,(H,21,23)/t10-,17+/m0/s1. The number of anilines is 1. The number of hydrogen-bond acceptors (Lipinski definition) is 5. The number of thioether (sulfide) groups is 1. The zero-order chi connectivity index (χ0) is 18.3. The van der Waals surface area contributed by atoms with E-state index in [0.29, 0.717) is 34.2 Å². The lowest BCUT2D eigenvalue weighted by molar-refractivity contribution is -0.115. The first-order valence-corrected chi connectivity index (χ1v) is 9.52. The lowest BCUT2D eigenvalue weighted by atomic mass is 9.97. The Bertz CT molecular complexity index is 884. The molecule has 1 amide bonds. The Morgan fingerprint density at radius 1 is 1.19 bits per heavy atom. The Hall–Kier alpha value is -2.18. The van der Waals surface area contributed by atoms with E-state index in [1.807, 2.05) is 13.0 Å². The number of nitrogens with one attached hydrogen (secondary N) is 1. The number of halogens is 1. The van der Waals surface area contributed by atoms with Crippen molar-refractivity contribution in [3.05, 3.63) is 52.5 Å². The molecule has 0 fully saturated rings. The first kappa shape index (κ1) is 17.2. The van der Waals surface area contributed by atoms with Crippen LogP contribution in [0.2, 0.25) is 5.02 Å². The molecule has 2 aromatic carbocycles. The van der Waals surface area contributed by atoms with Gasteiger partial charge in [-0.15, -0.1) is 11.8 Å². The van der Waals surface area contributed by atoms with Crippen molar-refractivity contribution < 1.29 is 19.1 Å². The summed E-state index contributed by atoms with van der Waals surface area (Å²) in [6, 6.07) is 10.5. The maximum atomic E-state index is 12.8. The fourth-order valence-corrected chi connectivity index (χ4v) is 4.40. The van der Waals surface area contributed by atoms with E-state index in [0.717, 1.165) is 5.56 Å². The third-order valence-corrected chi connectivity index (χ3v) is 5.99. The third-order valence-electron chi connectivity index (χ3n) is 4.41. The molecule has 7 heteroatoms. The van der Waals surface area contributed by atoms with Gasteiger partial charge in [0.2, 0.25) is 12.7 Å². The Morgan fingerprint density at radius 3 is 2.62 bits per heavy atom. The quantitative estimate of drug-likeness (QED) is 0.842. The summed E-state index contributed by atoms with van der Waals surface area (Å²) in [6.07, 6.45) is 0.451. The van der Waals surface area contributed by atoms with E-state index < -0.39 is 0 Å². The molecule has 2 aromatic rings. The molecule has 1 N–H and O–H groups in total. The molecule has 0 saturated heterocycles. The smallest absolute Gasteiger partial charge is 0.237 e. The minimum Gasteiger partial charge on any atom is -0.454 e. The molecule has 2 aliphatic rings. The van der Waals surface area contributed by atoms with Gasteiger partial charge in [0.15, 0.2) is 17.3 Å². The molecule has 5 nitrogen and oxygen atoms in total. The summed E-state index contributed by atoms with van der Waals surface area (Å²) in [7, 11) is 0. The predicted molar refractivity (Wildman–Crippen MR) is 102 cm³/mol. The van der Waals surface area contributed by atoms with Crippen molar-refractivity contribution in [3.63, 3.8) is 0 Å². The zero-order valence-electron chi connectivity index (χ0n) is 14.0. The van der Waals surface area contributed by atoms with Crippen LogP contribution in [0.15, 0.2) is 36.4 Å². The van der Waals surface area contributed by atoms with Crippen molar-refractivity contribution in [1.82, 2.24) is 0 Å². The second-order valence-electron chi connectivity index (χ2n) is 6.19. The molecule has 0 spiro atoms. The normalized spacial score (nSPS) is 21.1. The van der Waals surface area contributed by atoms with E-state index >= 15 is 0 Å². The van der Waals surface area contributed by atoms with Crippen LogP contribution < -0.4 is 14.8 Å². The highest BCUT2D eigenvalue weighted by molar-refractivity contribution is 8.01. The SMILES string of the molecule is C[C@@H]1S[C@@H](C(=O)Nc2ccc(Cl)cc2)Cc2cc3c(cc2C1=O)OCO3. The Labute approximate surface area is 160 Å². The van der Waals surface area contributed by atoms with Gasteiger partial charge in [0.1, 0.15) is 0 Å². The van der Waals surface area contributed by atoms with Crippen molar-refractivity contribution in [2.24, 2.45) is 0 Å². The molecule has 0 aliphatic carbocycles. The van der Waals surface area contributed by atoms with Crippen LogP contribution >= 0.6 is 23.4 Å². The number of ketones is 1. The van der Waals surface area contributed by atoms with Gasteiger partial charge in [0.25, 0.3) is 0 Å². The second-order valence-corrected chi connectivity index (χ2v) is 8.18. The largest absolute Gasteiger partial charge is 0.454 e. The molecule has 134 valence electrons. The number of rotatable bonds is 2. The second kappa shape index (κ2) is 6.85. The predicted octanol–water partition coefficient (Wildman–Crippen LogP) is 3.94. The topological polar surface area (TPSA) is 64.6 Å². The van der Waals surface area contributed by atoms with E-state index in [9.17, 15) is 9.59 Å². The molecule has 0 radical (unpaired) electrons. The van der Waals surface area contributed by atoms with Gasteiger partial charge >= 0.3 is 0 Å². The maximum absolute atomic E-state index is 12.8. The highest BCUT2D eigenvalue weighted by atomic mass is 35.5. The fraction of sp³-hybridized carbons (Fsp3) is 0.263. The van der Waals surface area contributed by atoms with Crippen LogP contribution in [0.25, 0.3) is 0 Å². The molecular weight excluding hydrogens is 374 g/mol. The monoisotopic (exact) mass is 389 g/mol. The lowest BCUT2D eigenvalue weighted by Gasteiger charge is -2.16. The van der Waals surface area contributed by atoms with Crippen molar-refractivity contribution in [3.8, 4) is 11.5 Å². The molecular formula is C19H16ClNO4S. The van der Waals surface area contributed by atoms with E-state index in [1.165, 1.54) is 11.8 Å². The van der Waals surface area contributed by atoms with Gasteiger partial charge in [-0.25, -0.2) is 0 Å². The molecule has 0 aromatic heterocycles. The van der Waals surface area contributed by atoms with Gasteiger partial charge in [-0.05, 0) is 55.3 Å². The number of ether oxygens (including phenoxy) is 2. The number of Topliss-reactive ketones (excluding diaryl/α,β-unsaturated/α-hetero) is 1. The average Bonchev–Trinajstić information content (AvgIpc) is 3.04. The van der Waals surface area contributed by atoms with Gasteiger partial charge in [0, 0.05) is 16.3 Å². The summed E-state index contributed by atoms with van der Waals surface area (Å²) in [6.45, 7) is 1.98. The molecule has 0 bridgehead atoms. The molecule has 4 rings (SSSR count). The van der Waals surface area contributed by atoms with Gasteiger partial charge in [0.05, 0.1) is 10.5 Å². The third kappa shape index (κ3) is 3.27. The average molecular weight is 390 g/mol. The zero-order valence-corrected chi connectivity index (χ0v) is 15.5. The molecule has 2 heterocycles. The lowest BCUT2D eigenvalue weighted by Crippen LogP contribution is -2.28. The van der Waals surface area contributed by atoms with Crippen LogP contribution in [-0.2, 0) is 11.2 Å². The van der Waals surface area contributed by atoms with Gasteiger partial charge < -0.3 is 14.8 Å². The van der Waals surface area contributed by atoms with Crippen LogP contribution in [0, 0.1) is 0 Å². The first-order valence-electron chi connectivity index (χ1n) is 8.20. The number of carbonyl (C=O) groups is 2. The van der Waals surface area contributed by atoms with Crippen molar-refractivity contribution in [2.75, 3.05) is 12.1 Å². The molecule has 2 atom stereocenters. The molecule has 0 saturated carbocycles. The summed E-state index contributed by atoms with van der Waals surface area (Å²) in [5.41, 5.74) is 2.09. The molecule has 2 aliphatic heterocycles. The van der Waals surface area contributed by atoms with Crippen LogP contribution in [0.5, 0.6) is 11.5 Å². The number of carbonyl (C=O) groups excluding carboxylic acids is 2. The van der Waals surface area contributed by atoms with Gasteiger partial charge in [-0.3, -0.25) is 9.59 Å².